The third kappa shape index (κ3) is 2.38. The van der Waals surface area contributed by atoms with E-state index in [4.69, 9.17) is 21.0 Å². The van der Waals surface area contributed by atoms with Crippen LogP contribution < -0.4 is 10.8 Å². The maximum absolute atomic E-state index is 10.1. The van der Waals surface area contributed by atoms with Gasteiger partial charge in [0.1, 0.15) is 24.6 Å². The number of hydroxylamine groups is 1. The van der Waals surface area contributed by atoms with E-state index in [0.717, 1.165) is 6.33 Å². The van der Waals surface area contributed by atoms with E-state index in [1.54, 1.807) is 0 Å². The Hall–Kier alpha value is -2.38. The highest BCUT2D eigenvalue weighted by Crippen LogP contribution is 2.32. The van der Waals surface area contributed by atoms with Gasteiger partial charge in [0.15, 0.2) is 23.2 Å². The highest BCUT2D eigenvalue weighted by molar-refractivity contribution is 5.96. The number of fused-ring (bicyclic) bond motifs is 1. The largest absolute Gasteiger partial charge is 0.394 e. The van der Waals surface area contributed by atoms with E-state index in [1.807, 2.05) is 0 Å². The van der Waals surface area contributed by atoms with Crippen LogP contribution in [0.1, 0.15) is 6.23 Å². The average molecular weight is 325 g/mol. The van der Waals surface area contributed by atoms with Crippen molar-refractivity contribution < 1.29 is 25.3 Å². The van der Waals surface area contributed by atoms with Gasteiger partial charge >= 0.3 is 0 Å². The number of imidazole rings is 1. The molecule has 2 aromatic heterocycles. The van der Waals surface area contributed by atoms with Gasteiger partial charge in [-0.3, -0.25) is 15.2 Å². The summed E-state index contributed by atoms with van der Waals surface area (Å²) in [4.78, 5) is 11.8. The number of aliphatic hydroxyl groups is 3. The first-order valence-corrected chi connectivity index (χ1v) is 6.58. The molecule has 0 saturated carbocycles. The smallest absolute Gasteiger partial charge is 0.219 e. The molecular weight excluding hydrogens is 310 g/mol. The molecule has 0 aliphatic carbocycles. The molecule has 0 amide bonds. The molecule has 12 nitrogen and oxygen atoms in total. The Balaban J connectivity index is 2.04. The van der Waals surface area contributed by atoms with Gasteiger partial charge in [0, 0.05) is 0 Å². The molecule has 23 heavy (non-hydrogen) atoms. The van der Waals surface area contributed by atoms with Crippen molar-refractivity contribution in [2.45, 2.75) is 24.5 Å². The van der Waals surface area contributed by atoms with E-state index in [1.165, 1.54) is 10.9 Å². The van der Waals surface area contributed by atoms with E-state index < -0.39 is 37.1 Å². The minimum Gasteiger partial charge on any atom is -0.394 e. The molecule has 2 aromatic rings. The predicted octanol–water partition coefficient (Wildman–Crippen LogP) is -2.47. The molecule has 1 saturated heterocycles. The number of hydrogen-bond acceptors (Lipinski definition) is 9. The topological polar surface area (TPSA) is 187 Å². The number of nitrogens with one attached hydrogen (secondary N) is 1. The Labute approximate surface area is 128 Å². The van der Waals surface area contributed by atoms with Gasteiger partial charge in [0.05, 0.1) is 12.9 Å². The zero-order valence-corrected chi connectivity index (χ0v) is 11.7. The van der Waals surface area contributed by atoms with E-state index in [0.29, 0.717) is 5.06 Å². The third-order valence-corrected chi connectivity index (χ3v) is 3.56. The molecular formula is C11H15N7O5. The van der Waals surface area contributed by atoms with Gasteiger partial charge in [-0.2, -0.15) is 5.06 Å². The van der Waals surface area contributed by atoms with Crippen molar-refractivity contribution in [3.8, 4) is 0 Å². The average Bonchev–Trinajstić information content (AvgIpc) is 3.08. The molecule has 0 unspecified atom stereocenters. The van der Waals surface area contributed by atoms with Crippen LogP contribution in [0.15, 0.2) is 12.7 Å². The molecule has 3 heterocycles. The number of anilines is 1. The lowest BCUT2D eigenvalue weighted by Gasteiger charge is -2.17. The fourth-order valence-electron chi connectivity index (χ4n) is 2.40. The standard InChI is InChI=1S/C11H15N7O5/c12-11(13)18(22)9-5-8(14-2-15-9)17(3-16-5)10-7(21)6(20)4(1-19)23-10/h2-4,6-7,10,19-22H,1H2,(H3,12,13)/t4-,6+,7-,10-/m1/s1. The minimum absolute atomic E-state index is 0.114. The first-order chi connectivity index (χ1) is 11.0. The summed E-state index contributed by atoms with van der Waals surface area (Å²) >= 11 is 0. The van der Waals surface area contributed by atoms with Crippen LogP contribution >= 0.6 is 0 Å². The first-order valence-electron chi connectivity index (χ1n) is 6.58. The molecule has 0 radical (unpaired) electrons. The number of aliphatic hydroxyl groups excluding tert-OH is 3. The van der Waals surface area contributed by atoms with Gasteiger partial charge in [-0.15, -0.1) is 0 Å². The molecule has 0 aromatic carbocycles. The lowest BCUT2D eigenvalue weighted by Crippen LogP contribution is -2.34. The summed E-state index contributed by atoms with van der Waals surface area (Å²) < 4.78 is 6.74. The second-order valence-corrected chi connectivity index (χ2v) is 4.95. The summed E-state index contributed by atoms with van der Waals surface area (Å²) in [6, 6.07) is 0. The minimum atomic E-state index is -1.30. The Kier molecular flexibility index (Phi) is 3.83. The van der Waals surface area contributed by atoms with E-state index in [2.05, 4.69) is 15.0 Å². The van der Waals surface area contributed by atoms with Crippen molar-refractivity contribution in [3.05, 3.63) is 12.7 Å². The number of aromatic nitrogens is 4. The van der Waals surface area contributed by atoms with Gasteiger partial charge < -0.3 is 25.8 Å². The Morgan fingerprint density at radius 2 is 2.09 bits per heavy atom. The molecule has 12 heteroatoms. The number of nitrogens with zero attached hydrogens (tertiary/aromatic N) is 5. The number of guanidine groups is 1. The van der Waals surface area contributed by atoms with Crippen molar-refractivity contribution in [1.29, 1.82) is 5.41 Å². The normalized spacial score (nSPS) is 27.5. The van der Waals surface area contributed by atoms with Crippen LogP contribution in [-0.2, 0) is 4.74 Å². The molecule has 124 valence electrons. The quantitative estimate of drug-likeness (QED) is 0.200. The molecule has 7 N–H and O–H groups in total. The van der Waals surface area contributed by atoms with E-state index >= 15 is 0 Å². The van der Waals surface area contributed by atoms with Crippen molar-refractivity contribution in [2.75, 3.05) is 11.7 Å². The SMILES string of the molecule is N=C(N)N(O)c1ncnc2c1ncn2[C@@H]1O[C@H](CO)[C@H](O)[C@H]1O. The van der Waals surface area contributed by atoms with Crippen LogP contribution in [0.25, 0.3) is 11.2 Å². The molecule has 1 fully saturated rings. The molecule has 0 spiro atoms. The first kappa shape index (κ1) is 15.5. The van der Waals surface area contributed by atoms with E-state index in [9.17, 15) is 15.4 Å². The lowest BCUT2D eigenvalue weighted by atomic mass is 10.1. The van der Waals surface area contributed by atoms with Gasteiger partial charge in [0.25, 0.3) is 0 Å². The lowest BCUT2D eigenvalue weighted by molar-refractivity contribution is -0.0511. The van der Waals surface area contributed by atoms with Gasteiger partial charge in [-0.1, -0.05) is 0 Å². The van der Waals surface area contributed by atoms with Crippen LogP contribution in [0.3, 0.4) is 0 Å². The Morgan fingerprint density at radius 1 is 1.35 bits per heavy atom. The maximum Gasteiger partial charge on any atom is 0.219 e. The second kappa shape index (κ2) is 5.68. The number of hydrogen-bond donors (Lipinski definition) is 6. The summed E-state index contributed by atoms with van der Waals surface area (Å²) in [6.07, 6.45) is -2.16. The van der Waals surface area contributed by atoms with Gasteiger partial charge in [-0.05, 0) is 0 Å². The monoisotopic (exact) mass is 325 g/mol. The highest BCUT2D eigenvalue weighted by Gasteiger charge is 2.44. The Bertz CT molecular complexity index is 737. The number of rotatable bonds is 3. The number of ether oxygens (including phenoxy) is 1. The molecule has 3 rings (SSSR count). The van der Waals surface area contributed by atoms with Crippen molar-refractivity contribution >= 4 is 22.9 Å². The maximum atomic E-state index is 10.1. The predicted molar refractivity (Wildman–Crippen MR) is 74.5 cm³/mol. The molecule has 1 aliphatic heterocycles. The van der Waals surface area contributed by atoms with Crippen molar-refractivity contribution in [2.24, 2.45) is 5.73 Å². The molecule has 1 aliphatic rings. The van der Waals surface area contributed by atoms with Gasteiger partial charge in [-0.25, -0.2) is 15.0 Å². The van der Waals surface area contributed by atoms with Gasteiger partial charge in [0.2, 0.25) is 5.96 Å². The van der Waals surface area contributed by atoms with Crippen LogP contribution in [-0.4, -0.2) is 70.9 Å². The van der Waals surface area contributed by atoms with Crippen molar-refractivity contribution in [1.82, 2.24) is 19.5 Å². The summed E-state index contributed by atoms with van der Waals surface area (Å²) in [7, 11) is 0. The van der Waals surface area contributed by atoms with Crippen molar-refractivity contribution in [3.63, 3.8) is 0 Å². The van der Waals surface area contributed by atoms with Crippen LogP contribution in [0.5, 0.6) is 0 Å². The summed E-state index contributed by atoms with van der Waals surface area (Å²) in [5.41, 5.74) is 5.50. The summed E-state index contributed by atoms with van der Waals surface area (Å²) in [5.74, 6) is -0.777. The van der Waals surface area contributed by atoms with E-state index in [-0.39, 0.29) is 17.0 Å². The highest BCUT2D eigenvalue weighted by atomic mass is 16.6. The van der Waals surface area contributed by atoms with Crippen LogP contribution in [0.4, 0.5) is 5.82 Å². The third-order valence-electron chi connectivity index (χ3n) is 3.56. The molecule has 4 atom stereocenters. The molecule has 0 bridgehead atoms. The zero-order chi connectivity index (χ0) is 16.7. The Morgan fingerprint density at radius 3 is 2.70 bits per heavy atom. The fraction of sp³-hybridized carbons (Fsp3) is 0.455. The van der Waals surface area contributed by atoms with Crippen LogP contribution in [0, 0.1) is 5.41 Å². The second-order valence-electron chi connectivity index (χ2n) is 4.95. The zero-order valence-electron chi connectivity index (χ0n) is 11.7. The number of nitrogens with two attached hydrogens (primary N) is 1. The summed E-state index contributed by atoms with van der Waals surface area (Å²) in [6.45, 7) is -0.462. The fourth-order valence-corrected chi connectivity index (χ4v) is 2.40. The summed E-state index contributed by atoms with van der Waals surface area (Å²) in [5, 5.41) is 46.3. The van der Waals surface area contributed by atoms with Crippen LogP contribution in [0.2, 0.25) is 0 Å².